The number of anilines is 1. The van der Waals surface area contributed by atoms with E-state index in [1.807, 2.05) is 6.07 Å². The first kappa shape index (κ1) is 18.3. The first-order valence-corrected chi connectivity index (χ1v) is 7.56. The molecule has 5 nitrogen and oxygen atoms in total. The molecule has 1 aromatic carbocycles. The minimum absolute atomic E-state index is 0. The van der Waals surface area contributed by atoms with E-state index in [9.17, 15) is 13.6 Å². The number of hydrogen-bond acceptors (Lipinski definition) is 3. The summed E-state index contributed by atoms with van der Waals surface area (Å²) in [5, 5.41) is 2.94. The van der Waals surface area contributed by atoms with Gasteiger partial charge in [-0.05, 0) is 23.8 Å². The van der Waals surface area contributed by atoms with Crippen LogP contribution in [-0.2, 0) is 4.79 Å². The van der Waals surface area contributed by atoms with E-state index in [1.54, 1.807) is 55.0 Å². The molecule has 0 unspecified atom stereocenters. The number of amidine groups is 1. The second-order valence-electron chi connectivity index (χ2n) is 5.30. The summed E-state index contributed by atoms with van der Waals surface area (Å²) >= 11 is 0. The van der Waals surface area contributed by atoms with Crippen molar-refractivity contribution in [3.63, 3.8) is 0 Å². The Bertz CT molecular complexity index is 739. The van der Waals surface area contributed by atoms with E-state index in [1.165, 1.54) is 6.08 Å². The summed E-state index contributed by atoms with van der Waals surface area (Å²) in [5.41, 5.74) is 6.97. The number of halogens is 2. The molecule has 2 aromatic rings. The van der Waals surface area contributed by atoms with Crippen LogP contribution in [0, 0.1) is 0 Å². The number of nitrogens with two attached hydrogens (primary N) is 1. The van der Waals surface area contributed by atoms with E-state index < -0.39 is 11.8 Å². The highest BCUT2D eigenvalue weighted by Gasteiger charge is 2.57. The van der Waals surface area contributed by atoms with Gasteiger partial charge in [0.2, 0.25) is 6.41 Å². The molecule has 0 saturated heterocycles. The highest BCUT2D eigenvalue weighted by molar-refractivity contribution is 5.95. The van der Waals surface area contributed by atoms with Crippen molar-refractivity contribution in [2.75, 3.05) is 5.32 Å². The van der Waals surface area contributed by atoms with Crippen LogP contribution < -0.4 is 11.1 Å². The number of aliphatic imine (C=N–C) groups is 1. The quantitative estimate of drug-likeness (QED) is 0.493. The summed E-state index contributed by atoms with van der Waals surface area (Å²) in [6, 6.07) is 12.5. The molecule has 1 aliphatic carbocycles. The molecule has 25 heavy (non-hydrogen) atoms. The molecule has 3 rings (SSSR count). The van der Waals surface area contributed by atoms with Crippen LogP contribution in [-0.4, -0.2) is 23.2 Å². The van der Waals surface area contributed by atoms with Crippen LogP contribution in [0.15, 0.2) is 72.1 Å². The van der Waals surface area contributed by atoms with Crippen molar-refractivity contribution in [3.05, 3.63) is 72.7 Å². The topological polar surface area (TPSA) is 80.4 Å². The van der Waals surface area contributed by atoms with Gasteiger partial charge in [-0.3, -0.25) is 9.78 Å². The third-order valence-corrected chi connectivity index (χ3v) is 3.41. The maximum Gasteiger partial charge on any atom is 0.255 e. The number of rotatable bonds is 5. The highest BCUT2D eigenvalue weighted by Crippen LogP contribution is 2.55. The van der Waals surface area contributed by atoms with Gasteiger partial charge in [-0.1, -0.05) is 30.3 Å². The Morgan fingerprint density at radius 3 is 2.48 bits per heavy atom. The number of nitrogens with zero attached hydrogens (tertiary/aromatic N) is 2. The third-order valence-electron chi connectivity index (χ3n) is 3.41. The number of hydrogen-bond donors (Lipinski definition) is 2. The number of alkyl halides is 2. The van der Waals surface area contributed by atoms with Crippen LogP contribution in [0.5, 0.6) is 0 Å². The van der Waals surface area contributed by atoms with Crippen LogP contribution in [0.25, 0.3) is 0 Å². The van der Waals surface area contributed by atoms with Crippen molar-refractivity contribution in [1.29, 1.82) is 0 Å². The van der Waals surface area contributed by atoms with Gasteiger partial charge in [0.05, 0.1) is 5.92 Å². The fraction of sp³-hybridized carbons (Fsp3) is 0.167. The molecule has 1 amide bonds. The number of aromatic nitrogens is 1. The number of amides is 1. The first-order chi connectivity index (χ1) is 12.0. The van der Waals surface area contributed by atoms with Crippen molar-refractivity contribution >= 4 is 17.9 Å². The lowest BCUT2D eigenvalue weighted by molar-refractivity contribution is -0.106. The SMILES string of the molecule is FC1(F)C[C@@H]1c1ccccc1.NC(/C=C\Nc1ccncc1)=NC=O.[HH]. The molecule has 1 aliphatic rings. The van der Waals surface area contributed by atoms with Crippen LogP contribution >= 0.6 is 0 Å². The second kappa shape index (κ2) is 8.68. The van der Waals surface area contributed by atoms with Crippen LogP contribution in [0.3, 0.4) is 0 Å². The van der Waals surface area contributed by atoms with E-state index in [0.717, 1.165) is 11.3 Å². The fourth-order valence-corrected chi connectivity index (χ4v) is 2.04. The average molecular weight is 346 g/mol. The van der Waals surface area contributed by atoms with Gasteiger partial charge in [0.15, 0.2) is 0 Å². The van der Waals surface area contributed by atoms with E-state index in [-0.39, 0.29) is 13.7 Å². The summed E-state index contributed by atoms with van der Waals surface area (Å²) in [5.74, 6) is -2.79. The highest BCUT2D eigenvalue weighted by atomic mass is 19.3. The number of carbonyl (C=O) groups is 1. The molecule has 132 valence electrons. The molecule has 1 heterocycles. The molecular weight excluding hydrogens is 326 g/mol. The van der Waals surface area contributed by atoms with E-state index in [0.29, 0.717) is 6.41 Å². The minimum Gasteiger partial charge on any atom is -0.384 e. The molecular formula is C18H20F2N4O. The van der Waals surface area contributed by atoms with Crippen molar-refractivity contribution in [1.82, 2.24) is 4.98 Å². The third kappa shape index (κ3) is 6.14. The van der Waals surface area contributed by atoms with E-state index >= 15 is 0 Å². The number of benzene rings is 1. The molecule has 7 heteroatoms. The van der Waals surface area contributed by atoms with Crippen molar-refractivity contribution in [2.45, 2.75) is 18.3 Å². The van der Waals surface area contributed by atoms with Crippen LogP contribution in [0.1, 0.15) is 19.3 Å². The first-order valence-electron chi connectivity index (χ1n) is 7.56. The van der Waals surface area contributed by atoms with Gasteiger partial charge in [-0.2, -0.15) is 4.99 Å². The lowest BCUT2D eigenvalue weighted by Gasteiger charge is -1.97. The maximum atomic E-state index is 12.5. The largest absolute Gasteiger partial charge is 0.384 e. The number of nitrogens with one attached hydrogen (secondary N) is 1. The predicted molar refractivity (Wildman–Crippen MR) is 95.5 cm³/mol. The fourth-order valence-electron chi connectivity index (χ4n) is 2.04. The number of carbonyl (C=O) groups excluding carboxylic acids is 1. The van der Waals surface area contributed by atoms with Crippen molar-refractivity contribution in [2.24, 2.45) is 10.7 Å². The molecule has 1 fully saturated rings. The second-order valence-corrected chi connectivity index (χ2v) is 5.30. The van der Waals surface area contributed by atoms with Gasteiger partial charge in [0.25, 0.3) is 5.92 Å². The van der Waals surface area contributed by atoms with Crippen LogP contribution in [0.4, 0.5) is 14.5 Å². The average Bonchev–Trinajstić information content (AvgIpc) is 3.26. The molecule has 1 saturated carbocycles. The Morgan fingerprint density at radius 1 is 1.28 bits per heavy atom. The standard InChI is InChI=1S/C9H8F2.C9H10N4O.H2/c10-9(11)6-8(9)7-4-2-1-3-5-7;10-9(13-7-14)3-6-12-8-1-4-11-5-2-8;/h1-5,8H,6H2;1-7H,(H,11,12)(H2,10,13,14);1H/b;6-3-;/t8-;;/m1../s1. The maximum absolute atomic E-state index is 12.5. The Morgan fingerprint density at radius 2 is 1.92 bits per heavy atom. The zero-order valence-corrected chi connectivity index (χ0v) is 13.3. The van der Waals surface area contributed by atoms with Gasteiger partial charge in [0.1, 0.15) is 5.84 Å². The van der Waals surface area contributed by atoms with E-state index in [4.69, 9.17) is 5.73 Å². The molecule has 3 N–H and O–H groups in total. The molecule has 1 aromatic heterocycles. The predicted octanol–water partition coefficient (Wildman–Crippen LogP) is 3.58. The van der Waals surface area contributed by atoms with Gasteiger partial charge >= 0.3 is 0 Å². The summed E-state index contributed by atoms with van der Waals surface area (Å²) in [7, 11) is 0. The van der Waals surface area contributed by atoms with Crippen molar-refractivity contribution < 1.29 is 15.0 Å². The summed E-state index contributed by atoms with van der Waals surface area (Å²) < 4.78 is 25.0. The minimum atomic E-state index is -2.43. The molecule has 0 spiro atoms. The molecule has 0 radical (unpaired) electrons. The molecule has 0 aliphatic heterocycles. The summed E-state index contributed by atoms with van der Waals surface area (Å²) in [4.78, 5) is 17.1. The lowest BCUT2D eigenvalue weighted by Crippen LogP contribution is -2.08. The smallest absolute Gasteiger partial charge is 0.255 e. The Kier molecular flexibility index (Phi) is 6.33. The lowest BCUT2D eigenvalue weighted by atomic mass is 10.1. The van der Waals surface area contributed by atoms with Crippen LogP contribution in [0.2, 0.25) is 0 Å². The normalized spacial score (nSPS) is 18.2. The summed E-state index contributed by atoms with van der Waals surface area (Å²) in [6.07, 6.45) is 6.84. The molecule has 1 atom stereocenters. The van der Waals surface area contributed by atoms with Gasteiger partial charge in [-0.15, -0.1) is 0 Å². The van der Waals surface area contributed by atoms with E-state index in [2.05, 4.69) is 15.3 Å². The number of pyridine rings is 1. The van der Waals surface area contributed by atoms with Crippen molar-refractivity contribution in [3.8, 4) is 0 Å². The van der Waals surface area contributed by atoms with Gasteiger partial charge < -0.3 is 11.1 Å². The monoisotopic (exact) mass is 346 g/mol. The Hall–Kier alpha value is -3.09. The zero-order valence-electron chi connectivity index (χ0n) is 13.3. The molecule has 0 bridgehead atoms. The Balaban J connectivity index is 0.000000256. The van der Waals surface area contributed by atoms with Gasteiger partial charge in [-0.25, -0.2) is 8.78 Å². The summed E-state index contributed by atoms with van der Waals surface area (Å²) in [6.45, 7) is 0. The zero-order chi connectivity index (χ0) is 18.1. The van der Waals surface area contributed by atoms with Gasteiger partial charge in [0, 0.05) is 32.1 Å². The Labute approximate surface area is 145 Å².